The number of hydrogen-bond acceptors (Lipinski definition) is 7. The molecule has 20 heteroatoms. The maximum atomic E-state index is 13.8. The third-order valence-electron chi connectivity index (χ3n) is 6.46. The Morgan fingerprint density at radius 3 is 1.48 bits per heavy atom. The molecule has 0 amide bonds. The minimum atomic E-state index is -8.11. The molecule has 0 bridgehead atoms. The van der Waals surface area contributed by atoms with E-state index in [9.17, 15) is 71.5 Å². The van der Waals surface area contributed by atoms with Crippen LogP contribution in [0.2, 0.25) is 0 Å². The molecule has 2 rings (SSSR count). The van der Waals surface area contributed by atoms with Gasteiger partial charge in [-0.25, -0.2) is 14.4 Å². The maximum Gasteiger partial charge on any atom is 0.460 e. The Balaban J connectivity index is 1.78. The summed E-state index contributed by atoms with van der Waals surface area (Å²) in [5, 5.41) is 0. The van der Waals surface area contributed by atoms with Gasteiger partial charge in [0, 0.05) is 0 Å². The highest BCUT2D eigenvalue weighted by molar-refractivity contribution is 5.92. The van der Waals surface area contributed by atoms with Crippen LogP contribution >= 0.6 is 0 Å². The van der Waals surface area contributed by atoms with E-state index < -0.39 is 60.3 Å². The number of esters is 3. The third-order valence-corrected chi connectivity index (χ3v) is 6.46. The smallest absolute Gasteiger partial charge is 0.460 e. The molecule has 0 N–H and O–H groups in total. The Morgan fingerprint density at radius 2 is 1.00 bits per heavy atom. The zero-order chi connectivity index (χ0) is 38.3. The van der Waals surface area contributed by atoms with Crippen LogP contribution in [0.25, 0.3) is 0 Å². The molecule has 280 valence electrons. The van der Waals surface area contributed by atoms with E-state index in [1.54, 1.807) is 13.8 Å². The Labute approximate surface area is 274 Å². The SMILES string of the molecule is CC(C)OC(=O)c1ccc(OC(=O)c2ccc(OCCCCCCOC(=O)C(F)(F)C(F)(F)C(F)(F)C(F)(F)C(F)(F)C(F)(F)F)cc2)cc1. The van der Waals surface area contributed by atoms with Crippen LogP contribution in [0.3, 0.4) is 0 Å². The molecule has 0 unspecified atom stereocenters. The molecule has 2 aromatic carbocycles. The molecule has 0 aromatic heterocycles. The van der Waals surface area contributed by atoms with Gasteiger partial charge in [0.1, 0.15) is 11.5 Å². The fourth-order valence-corrected chi connectivity index (χ4v) is 3.70. The quantitative estimate of drug-likeness (QED) is 0.0693. The largest absolute Gasteiger partial charge is 0.494 e. The molecule has 0 saturated carbocycles. The van der Waals surface area contributed by atoms with Crippen molar-refractivity contribution in [3.63, 3.8) is 0 Å². The second-order valence-electron chi connectivity index (χ2n) is 10.7. The van der Waals surface area contributed by atoms with Gasteiger partial charge in [0.2, 0.25) is 0 Å². The topological polar surface area (TPSA) is 88.1 Å². The summed E-state index contributed by atoms with van der Waals surface area (Å²) in [6.07, 6.45) is -7.79. The van der Waals surface area contributed by atoms with E-state index >= 15 is 0 Å². The van der Waals surface area contributed by atoms with Crippen molar-refractivity contribution in [2.45, 2.75) is 81.4 Å². The van der Waals surface area contributed by atoms with Crippen molar-refractivity contribution in [3.05, 3.63) is 59.7 Å². The van der Waals surface area contributed by atoms with Gasteiger partial charge in [0.15, 0.2) is 0 Å². The summed E-state index contributed by atoms with van der Waals surface area (Å²) in [5.41, 5.74) is 0.384. The normalized spacial score (nSPS) is 13.2. The summed E-state index contributed by atoms with van der Waals surface area (Å²) in [5.74, 6) is -43.2. The van der Waals surface area contributed by atoms with Gasteiger partial charge in [0.05, 0.1) is 30.4 Å². The molecular weight excluding hydrogens is 719 g/mol. The summed E-state index contributed by atoms with van der Waals surface area (Å²) >= 11 is 0. The van der Waals surface area contributed by atoms with E-state index in [1.165, 1.54) is 48.5 Å². The van der Waals surface area contributed by atoms with Gasteiger partial charge >= 0.3 is 53.7 Å². The Bertz CT molecular complexity index is 1460. The Kier molecular flexibility index (Phi) is 13.2. The zero-order valence-corrected chi connectivity index (χ0v) is 25.7. The lowest BCUT2D eigenvalue weighted by molar-refractivity contribution is -0.437. The number of unbranched alkanes of at least 4 members (excludes halogenated alkanes) is 3. The van der Waals surface area contributed by atoms with Crippen molar-refractivity contribution >= 4 is 17.9 Å². The Morgan fingerprint density at radius 1 is 0.560 bits per heavy atom. The van der Waals surface area contributed by atoms with E-state index in [-0.39, 0.29) is 55.3 Å². The van der Waals surface area contributed by atoms with Gasteiger partial charge in [-0.3, -0.25) is 0 Å². The Hall–Kier alpha value is -4.26. The molecule has 7 nitrogen and oxygen atoms in total. The fourth-order valence-electron chi connectivity index (χ4n) is 3.70. The standard InChI is InChI=1S/C30H27F13O7/c1-17(2)49-22(44)18-9-13-21(14-10-18)50-23(45)19-7-11-20(12-8-19)47-15-5-3-4-6-16-48-24(46)25(31,32)26(33,34)27(35,36)28(37,38)29(39,40)30(41,42)43/h7-14,17H,3-6,15-16H2,1-2H3. The molecular formula is C30H27F13O7. The monoisotopic (exact) mass is 746 g/mol. The highest BCUT2D eigenvalue weighted by Crippen LogP contribution is 2.60. The van der Waals surface area contributed by atoms with E-state index in [0.717, 1.165) is 0 Å². The maximum absolute atomic E-state index is 13.8. The lowest BCUT2D eigenvalue weighted by atomic mass is 9.94. The number of carbonyl (C=O) groups is 3. The highest BCUT2D eigenvalue weighted by Gasteiger charge is 2.92. The first kappa shape index (κ1) is 41.9. The molecule has 0 aliphatic carbocycles. The summed E-state index contributed by atoms with van der Waals surface area (Å²) < 4.78 is 190. The molecule has 0 spiro atoms. The van der Waals surface area contributed by atoms with Crippen LogP contribution in [0.5, 0.6) is 11.5 Å². The van der Waals surface area contributed by atoms with Gasteiger partial charge < -0.3 is 18.9 Å². The molecule has 2 aromatic rings. The number of alkyl halides is 13. The molecule has 0 fully saturated rings. The number of carbonyl (C=O) groups excluding carboxylic acids is 3. The van der Waals surface area contributed by atoms with Crippen molar-refractivity contribution in [2.75, 3.05) is 13.2 Å². The van der Waals surface area contributed by atoms with E-state index in [4.69, 9.17) is 14.2 Å². The second kappa shape index (κ2) is 15.7. The first-order chi connectivity index (χ1) is 22.8. The molecule has 0 heterocycles. The summed E-state index contributed by atoms with van der Waals surface area (Å²) in [6.45, 7) is 2.23. The van der Waals surface area contributed by atoms with Crippen molar-refractivity contribution < 1.29 is 90.4 Å². The van der Waals surface area contributed by atoms with E-state index in [1.807, 2.05) is 0 Å². The summed E-state index contributed by atoms with van der Waals surface area (Å²) in [4.78, 5) is 35.6. The summed E-state index contributed by atoms with van der Waals surface area (Å²) in [7, 11) is 0. The number of hydrogen-bond donors (Lipinski definition) is 0. The van der Waals surface area contributed by atoms with Crippen molar-refractivity contribution in [1.29, 1.82) is 0 Å². The number of benzene rings is 2. The van der Waals surface area contributed by atoms with Crippen molar-refractivity contribution in [3.8, 4) is 11.5 Å². The second-order valence-corrected chi connectivity index (χ2v) is 10.7. The van der Waals surface area contributed by atoms with Crippen molar-refractivity contribution in [2.24, 2.45) is 0 Å². The molecule has 50 heavy (non-hydrogen) atoms. The lowest BCUT2D eigenvalue weighted by Crippen LogP contribution is -2.71. The van der Waals surface area contributed by atoms with Crippen molar-refractivity contribution in [1.82, 2.24) is 0 Å². The lowest BCUT2D eigenvalue weighted by Gasteiger charge is -2.38. The van der Waals surface area contributed by atoms with Gasteiger partial charge in [-0.05, 0) is 88.1 Å². The number of halogens is 13. The van der Waals surface area contributed by atoms with E-state index in [2.05, 4.69) is 4.74 Å². The number of rotatable bonds is 17. The third kappa shape index (κ3) is 9.09. The molecule has 0 aliphatic rings. The van der Waals surface area contributed by atoms with Crippen LogP contribution in [-0.4, -0.2) is 73.0 Å². The van der Waals surface area contributed by atoms with Gasteiger partial charge in [-0.1, -0.05) is 0 Å². The first-order valence-electron chi connectivity index (χ1n) is 14.2. The molecule has 0 radical (unpaired) electrons. The summed E-state index contributed by atoms with van der Waals surface area (Å²) in [6, 6.07) is 11.2. The highest BCUT2D eigenvalue weighted by atomic mass is 19.4. The van der Waals surface area contributed by atoms with Crippen LogP contribution in [0.4, 0.5) is 57.1 Å². The molecule has 0 saturated heterocycles. The van der Waals surface area contributed by atoms with Gasteiger partial charge in [0.25, 0.3) is 0 Å². The fraction of sp³-hybridized carbons (Fsp3) is 0.500. The van der Waals surface area contributed by atoms with Crippen LogP contribution in [-0.2, 0) is 14.3 Å². The predicted molar refractivity (Wildman–Crippen MR) is 144 cm³/mol. The van der Waals surface area contributed by atoms with E-state index in [0.29, 0.717) is 5.75 Å². The average molecular weight is 747 g/mol. The van der Waals surface area contributed by atoms with Crippen LogP contribution in [0.1, 0.15) is 60.2 Å². The predicted octanol–water partition coefficient (Wildman–Crippen LogP) is 8.69. The van der Waals surface area contributed by atoms with Gasteiger partial charge in [-0.2, -0.15) is 57.1 Å². The minimum absolute atomic E-state index is 0.00924. The van der Waals surface area contributed by atoms with Crippen LogP contribution < -0.4 is 9.47 Å². The molecule has 0 atom stereocenters. The molecule has 0 aliphatic heterocycles. The first-order valence-corrected chi connectivity index (χ1v) is 14.2. The van der Waals surface area contributed by atoms with Gasteiger partial charge in [-0.15, -0.1) is 0 Å². The zero-order valence-electron chi connectivity index (χ0n) is 25.7. The van der Waals surface area contributed by atoms with Crippen LogP contribution in [0, 0.1) is 0 Å². The van der Waals surface area contributed by atoms with Crippen LogP contribution in [0.15, 0.2) is 48.5 Å². The number of ether oxygens (including phenoxy) is 4. The minimum Gasteiger partial charge on any atom is -0.494 e. The average Bonchev–Trinajstić information content (AvgIpc) is 3.01.